The van der Waals surface area contributed by atoms with Crippen molar-refractivity contribution in [1.29, 1.82) is 0 Å². The molecule has 25 heavy (non-hydrogen) atoms. The second kappa shape index (κ2) is 8.08. The summed E-state index contributed by atoms with van der Waals surface area (Å²) in [5.74, 6) is -6.33. The standard InChI is InChI=1S/C15H14F3N3O3S/c16-12-4-3-11(13(17)14(12)18)15(22)20-6-7-25(23,24)21-9-10-2-1-5-19-8-10/h1-5,8,21H,6-7,9H2,(H,20,22). The Morgan fingerprint density at radius 2 is 1.88 bits per heavy atom. The summed E-state index contributed by atoms with van der Waals surface area (Å²) in [7, 11) is -3.70. The number of amides is 1. The largest absolute Gasteiger partial charge is 0.351 e. The van der Waals surface area contributed by atoms with Gasteiger partial charge in [-0.1, -0.05) is 6.07 Å². The molecule has 0 unspecified atom stereocenters. The number of sulfonamides is 1. The summed E-state index contributed by atoms with van der Waals surface area (Å²) in [6.45, 7) is -0.304. The van der Waals surface area contributed by atoms with E-state index in [1.54, 1.807) is 18.3 Å². The zero-order chi connectivity index (χ0) is 18.4. The minimum atomic E-state index is -3.70. The van der Waals surface area contributed by atoms with Gasteiger partial charge in [-0.05, 0) is 23.8 Å². The van der Waals surface area contributed by atoms with Crippen molar-refractivity contribution in [3.63, 3.8) is 0 Å². The van der Waals surface area contributed by atoms with Gasteiger partial charge in [0.15, 0.2) is 17.5 Å². The van der Waals surface area contributed by atoms with Gasteiger partial charge in [-0.25, -0.2) is 26.3 Å². The maximum atomic E-state index is 13.5. The number of benzene rings is 1. The van der Waals surface area contributed by atoms with Crippen molar-refractivity contribution in [3.8, 4) is 0 Å². The number of carbonyl (C=O) groups is 1. The number of nitrogens with one attached hydrogen (secondary N) is 2. The van der Waals surface area contributed by atoms with Crippen molar-refractivity contribution in [2.24, 2.45) is 0 Å². The number of hydrogen-bond acceptors (Lipinski definition) is 4. The van der Waals surface area contributed by atoms with Crippen LogP contribution in [0.15, 0.2) is 36.7 Å². The van der Waals surface area contributed by atoms with Gasteiger partial charge in [0.25, 0.3) is 5.91 Å². The minimum absolute atomic E-state index is 0.0297. The summed E-state index contributed by atoms with van der Waals surface area (Å²) >= 11 is 0. The van der Waals surface area contributed by atoms with Crippen LogP contribution >= 0.6 is 0 Å². The quantitative estimate of drug-likeness (QED) is 0.717. The third-order valence-corrected chi connectivity index (χ3v) is 4.48. The zero-order valence-electron chi connectivity index (χ0n) is 12.8. The topological polar surface area (TPSA) is 88.2 Å². The van der Waals surface area contributed by atoms with Crippen molar-refractivity contribution in [2.45, 2.75) is 6.54 Å². The van der Waals surface area contributed by atoms with Crippen LogP contribution in [0.2, 0.25) is 0 Å². The molecule has 134 valence electrons. The molecule has 0 aliphatic heterocycles. The third kappa shape index (κ3) is 5.26. The molecule has 1 heterocycles. The highest BCUT2D eigenvalue weighted by Gasteiger charge is 2.19. The van der Waals surface area contributed by atoms with Crippen molar-refractivity contribution >= 4 is 15.9 Å². The van der Waals surface area contributed by atoms with Gasteiger partial charge in [-0.3, -0.25) is 9.78 Å². The van der Waals surface area contributed by atoms with E-state index in [4.69, 9.17) is 0 Å². The normalized spacial score (nSPS) is 11.3. The highest BCUT2D eigenvalue weighted by Crippen LogP contribution is 2.14. The average Bonchev–Trinajstić information content (AvgIpc) is 2.59. The first-order valence-corrected chi connectivity index (χ1v) is 8.73. The van der Waals surface area contributed by atoms with E-state index >= 15 is 0 Å². The average molecular weight is 373 g/mol. The summed E-state index contributed by atoms with van der Waals surface area (Å²) < 4.78 is 65.3. The predicted molar refractivity (Wildman–Crippen MR) is 83.5 cm³/mol. The van der Waals surface area contributed by atoms with E-state index in [1.807, 2.05) is 0 Å². The Kier molecular flexibility index (Phi) is 6.10. The van der Waals surface area contributed by atoms with Crippen LogP contribution in [0, 0.1) is 17.5 Å². The molecule has 0 bridgehead atoms. The maximum Gasteiger partial charge on any atom is 0.254 e. The SMILES string of the molecule is O=C(NCCS(=O)(=O)NCc1cccnc1)c1ccc(F)c(F)c1F. The van der Waals surface area contributed by atoms with E-state index in [0.717, 1.165) is 6.07 Å². The second-order valence-corrected chi connectivity index (χ2v) is 6.91. The van der Waals surface area contributed by atoms with E-state index in [-0.39, 0.29) is 13.1 Å². The minimum Gasteiger partial charge on any atom is -0.351 e. The summed E-state index contributed by atoms with van der Waals surface area (Å²) in [5, 5.41) is 2.14. The molecule has 2 rings (SSSR count). The lowest BCUT2D eigenvalue weighted by atomic mass is 10.2. The Hall–Kier alpha value is -2.46. The fourth-order valence-electron chi connectivity index (χ4n) is 1.86. The van der Waals surface area contributed by atoms with Crippen LogP contribution in [0.1, 0.15) is 15.9 Å². The Morgan fingerprint density at radius 1 is 1.12 bits per heavy atom. The third-order valence-electron chi connectivity index (χ3n) is 3.16. The van der Waals surface area contributed by atoms with Gasteiger partial charge >= 0.3 is 0 Å². The number of hydrogen-bond donors (Lipinski definition) is 2. The highest BCUT2D eigenvalue weighted by molar-refractivity contribution is 7.89. The molecule has 1 aromatic carbocycles. The first-order chi connectivity index (χ1) is 11.8. The molecule has 0 aliphatic rings. The van der Waals surface area contributed by atoms with E-state index in [2.05, 4.69) is 15.0 Å². The summed E-state index contributed by atoms with van der Waals surface area (Å²) in [4.78, 5) is 15.6. The molecular weight excluding hydrogens is 359 g/mol. The van der Waals surface area contributed by atoms with E-state index in [1.165, 1.54) is 6.20 Å². The summed E-state index contributed by atoms with van der Waals surface area (Å²) in [6.07, 6.45) is 3.04. The van der Waals surface area contributed by atoms with Crippen LogP contribution < -0.4 is 10.0 Å². The Balaban J connectivity index is 1.87. The lowest BCUT2D eigenvalue weighted by Gasteiger charge is -2.09. The van der Waals surface area contributed by atoms with Gasteiger partial charge in [0.1, 0.15) is 0 Å². The van der Waals surface area contributed by atoms with Gasteiger partial charge in [-0.2, -0.15) is 0 Å². The molecule has 2 aromatic rings. The number of carbonyl (C=O) groups excluding carboxylic acids is 1. The predicted octanol–water partition coefficient (Wildman–Crippen LogP) is 1.35. The fraction of sp³-hybridized carbons (Fsp3) is 0.200. The van der Waals surface area contributed by atoms with Gasteiger partial charge in [0.2, 0.25) is 10.0 Å². The first kappa shape index (κ1) is 18.9. The van der Waals surface area contributed by atoms with Gasteiger partial charge in [0, 0.05) is 25.5 Å². The second-order valence-electron chi connectivity index (χ2n) is 4.98. The van der Waals surface area contributed by atoms with Crippen LogP contribution in [0.3, 0.4) is 0 Å². The monoisotopic (exact) mass is 373 g/mol. The molecule has 0 spiro atoms. The molecular formula is C15H14F3N3O3S. The summed E-state index contributed by atoms with van der Waals surface area (Å²) in [5.41, 5.74) is -0.0569. The van der Waals surface area contributed by atoms with Crippen LogP contribution in [-0.4, -0.2) is 31.6 Å². The van der Waals surface area contributed by atoms with Crippen LogP contribution in [-0.2, 0) is 16.6 Å². The number of pyridine rings is 1. The Morgan fingerprint density at radius 3 is 2.56 bits per heavy atom. The molecule has 0 aliphatic carbocycles. The molecule has 0 saturated carbocycles. The molecule has 10 heteroatoms. The van der Waals surface area contributed by atoms with Gasteiger partial charge < -0.3 is 5.32 Å². The highest BCUT2D eigenvalue weighted by atomic mass is 32.2. The Bertz CT molecular complexity index is 861. The van der Waals surface area contributed by atoms with E-state index in [0.29, 0.717) is 11.6 Å². The number of halogens is 3. The summed E-state index contributed by atoms with van der Waals surface area (Å²) in [6, 6.07) is 4.72. The fourth-order valence-corrected chi connectivity index (χ4v) is 2.77. The van der Waals surface area contributed by atoms with Gasteiger partial charge in [0.05, 0.1) is 11.3 Å². The van der Waals surface area contributed by atoms with Crippen molar-refractivity contribution < 1.29 is 26.4 Å². The molecule has 1 amide bonds. The first-order valence-electron chi connectivity index (χ1n) is 7.08. The maximum absolute atomic E-state index is 13.5. The smallest absolute Gasteiger partial charge is 0.254 e. The lowest BCUT2D eigenvalue weighted by Crippen LogP contribution is -2.34. The van der Waals surface area contributed by atoms with Gasteiger partial charge in [-0.15, -0.1) is 0 Å². The van der Waals surface area contributed by atoms with E-state index < -0.39 is 44.7 Å². The number of nitrogens with zero attached hydrogens (tertiary/aromatic N) is 1. The Labute approximate surface area is 142 Å². The lowest BCUT2D eigenvalue weighted by molar-refractivity contribution is 0.0951. The number of rotatable bonds is 7. The van der Waals surface area contributed by atoms with Crippen molar-refractivity contribution in [3.05, 3.63) is 65.2 Å². The van der Waals surface area contributed by atoms with Crippen LogP contribution in [0.5, 0.6) is 0 Å². The molecule has 0 radical (unpaired) electrons. The molecule has 0 saturated heterocycles. The number of aromatic nitrogens is 1. The van der Waals surface area contributed by atoms with E-state index in [9.17, 15) is 26.4 Å². The van der Waals surface area contributed by atoms with Crippen LogP contribution in [0.25, 0.3) is 0 Å². The van der Waals surface area contributed by atoms with Crippen molar-refractivity contribution in [1.82, 2.24) is 15.0 Å². The zero-order valence-corrected chi connectivity index (χ0v) is 13.6. The molecule has 6 nitrogen and oxygen atoms in total. The van der Waals surface area contributed by atoms with Crippen LogP contribution in [0.4, 0.5) is 13.2 Å². The molecule has 0 fully saturated rings. The molecule has 2 N–H and O–H groups in total. The van der Waals surface area contributed by atoms with Crippen molar-refractivity contribution in [2.75, 3.05) is 12.3 Å². The molecule has 0 atom stereocenters. The molecule has 1 aromatic heterocycles.